The predicted molar refractivity (Wildman–Crippen MR) is 112 cm³/mol. The fourth-order valence-corrected chi connectivity index (χ4v) is 3.26. The molecule has 1 aliphatic heterocycles. The number of aryl methyl sites for hydroxylation is 1. The van der Waals surface area contributed by atoms with Crippen LogP contribution in [0.4, 0.5) is 4.39 Å². The third-order valence-electron chi connectivity index (χ3n) is 4.50. The van der Waals surface area contributed by atoms with Crippen molar-refractivity contribution in [1.82, 2.24) is 10.6 Å². The maximum atomic E-state index is 13.3. The van der Waals surface area contributed by atoms with E-state index in [2.05, 4.69) is 10.6 Å². The van der Waals surface area contributed by atoms with Crippen LogP contribution in [0, 0.1) is 5.82 Å². The Kier molecular flexibility index (Phi) is 7.76. The summed E-state index contributed by atoms with van der Waals surface area (Å²) in [6.45, 7) is 0.521. The molecule has 1 atom stereocenters. The van der Waals surface area contributed by atoms with Gasteiger partial charge in [0.2, 0.25) is 0 Å². The van der Waals surface area contributed by atoms with Gasteiger partial charge >= 0.3 is 0 Å². The second-order valence-corrected chi connectivity index (χ2v) is 7.60. The minimum atomic E-state index is -0.612. The smallest absolute Gasteiger partial charge is 0.261 e. The molecule has 0 bridgehead atoms. The zero-order chi connectivity index (χ0) is 21.5. The minimum absolute atomic E-state index is 0.0129. The molecular weight excluding hydrogens is 434 g/mol. The second kappa shape index (κ2) is 10.5. The third-order valence-corrected chi connectivity index (χ3v) is 5.04. The maximum absolute atomic E-state index is 13.3. The van der Waals surface area contributed by atoms with Crippen molar-refractivity contribution in [2.45, 2.75) is 25.4 Å². The first-order chi connectivity index (χ1) is 14.4. The molecule has 0 saturated carbocycles. The molecule has 0 unspecified atom stereocenters. The molecule has 0 saturated heterocycles. The quantitative estimate of drug-likeness (QED) is 0.598. The number of amides is 2. The summed E-state index contributed by atoms with van der Waals surface area (Å²) >= 11 is 11.6. The first-order valence-corrected chi connectivity index (χ1v) is 10.3. The molecular formula is C21H21Cl2FN2O4. The van der Waals surface area contributed by atoms with Crippen molar-refractivity contribution in [3.8, 4) is 11.5 Å². The summed E-state index contributed by atoms with van der Waals surface area (Å²) in [5.41, 5.74) is 0.998. The van der Waals surface area contributed by atoms with Gasteiger partial charge in [-0.2, -0.15) is 0 Å². The molecule has 2 aromatic rings. The molecule has 0 aliphatic carbocycles. The van der Waals surface area contributed by atoms with Crippen LogP contribution in [0.5, 0.6) is 11.5 Å². The van der Waals surface area contributed by atoms with Crippen molar-refractivity contribution < 1.29 is 23.5 Å². The first kappa shape index (κ1) is 22.2. The number of rotatable bonds is 8. The summed E-state index contributed by atoms with van der Waals surface area (Å²) in [6.07, 6.45) is 1.31. The normalized spacial score (nSPS) is 15.0. The highest BCUT2D eigenvalue weighted by atomic mass is 35.5. The summed E-state index contributed by atoms with van der Waals surface area (Å²) in [6, 6.07) is 9.31. The zero-order valence-electron chi connectivity index (χ0n) is 16.1. The fourth-order valence-electron chi connectivity index (χ4n) is 2.95. The van der Waals surface area contributed by atoms with Crippen molar-refractivity contribution in [2.75, 3.05) is 19.7 Å². The average molecular weight is 455 g/mol. The van der Waals surface area contributed by atoms with Crippen LogP contribution in [-0.4, -0.2) is 37.6 Å². The number of nitrogens with one attached hydrogen (secondary N) is 2. The highest BCUT2D eigenvalue weighted by Gasteiger charge is 2.25. The largest absolute Gasteiger partial charge is 0.484 e. The minimum Gasteiger partial charge on any atom is -0.484 e. The molecule has 6 nitrogen and oxygen atoms in total. The van der Waals surface area contributed by atoms with Gasteiger partial charge in [0.05, 0.1) is 5.02 Å². The van der Waals surface area contributed by atoms with Gasteiger partial charge in [0, 0.05) is 24.2 Å². The van der Waals surface area contributed by atoms with Crippen LogP contribution in [0.2, 0.25) is 10.0 Å². The average Bonchev–Trinajstić information content (AvgIpc) is 2.73. The topological polar surface area (TPSA) is 76.7 Å². The van der Waals surface area contributed by atoms with E-state index in [1.54, 1.807) is 12.1 Å². The molecule has 1 heterocycles. The molecule has 2 aromatic carbocycles. The number of carbonyl (C=O) groups is 2. The van der Waals surface area contributed by atoms with Crippen LogP contribution in [0.25, 0.3) is 0 Å². The molecule has 160 valence electrons. The number of fused-ring (bicyclic) bond motifs is 1. The van der Waals surface area contributed by atoms with Gasteiger partial charge in [-0.05, 0) is 55.2 Å². The summed E-state index contributed by atoms with van der Waals surface area (Å²) in [4.78, 5) is 24.1. The van der Waals surface area contributed by atoms with Crippen LogP contribution in [0.1, 0.15) is 18.4 Å². The third kappa shape index (κ3) is 6.24. The van der Waals surface area contributed by atoms with Gasteiger partial charge in [0.25, 0.3) is 11.8 Å². The summed E-state index contributed by atoms with van der Waals surface area (Å²) in [5, 5.41) is 6.12. The standard InChI is InChI=1S/C21H21Cl2FN2O4/c22-14-3-7-18-13(10-14)2-6-19(30-18)21(28)26-9-1-8-25-20(27)12-29-15-4-5-16(23)17(24)11-15/h3-5,7,10-11,19H,1-2,6,8-9,12H2,(H,25,27)(H,26,28)/t19-/m0/s1. The number of hydrogen-bond donors (Lipinski definition) is 2. The molecule has 2 amide bonds. The molecule has 1 aliphatic rings. The summed E-state index contributed by atoms with van der Waals surface area (Å²) in [5.74, 6) is -0.244. The monoisotopic (exact) mass is 454 g/mol. The van der Waals surface area contributed by atoms with Gasteiger partial charge in [-0.3, -0.25) is 9.59 Å². The highest BCUT2D eigenvalue weighted by molar-refractivity contribution is 6.31. The fraction of sp³-hybridized carbons (Fsp3) is 0.333. The molecule has 0 fully saturated rings. The van der Waals surface area contributed by atoms with Crippen LogP contribution >= 0.6 is 23.2 Å². The molecule has 9 heteroatoms. The Labute approximate surface area is 183 Å². The molecule has 0 aromatic heterocycles. The maximum Gasteiger partial charge on any atom is 0.261 e. The number of halogens is 3. The van der Waals surface area contributed by atoms with E-state index < -0.39 is 11.9 Å². The number of hydrogen-bond acceptors (Lipinski definition) is 4. The first-order valence-electron chi connectivity index (χ1n) is 9.50. The Balaban J connectivity index is 1.30. The van der Waals surface area contributed by atoms with Crippen LogP contribution < -0.4 is 20.1 Å². The van der Waals surface area contributed by atoms with Crippen molar-refractivity contribution in [3.05, 3.63) is 57.8 Å². The SMILES string of the molecule is O=C(COc1ccc(Cl)c(F)c1)NCCCNC(=O)[C@@H]1CCc2cc(Cl)ccc2O1. The van der Waals surface area contributed by atoms with Crippen molar-refractivity contribution in [1.29, 1.82) is 0 Å². The molecule has 3 rings (SSSR count). The molecule has 0 spiro atoms. The number of carbonyl (C=O) groups excluding carboxylic acids is 2. The van der Waals surface area contributed by atoms with Gasteiger partial charge in [-0.25, -0.2) is 4.39 Å². The van der Waals surface area contributed by atoms with Gasteiger partial charge in [-0.1, -0.05) is 23.2 Å². The Morgan fingerprint density at radius 2 is 1.93 bits per heavy atom. The number of benzene rings is 2. The molecule has 30 heavy (non-hydrogen) atoms. The van der Waals surface area contributed by atoms with Crippen LogP contribution in [-0.2, 0) is 16.0 Å². The van der Waals surface area contributed by atoms with E-state index in [1.807, 2.05) is 6.07 Å². The Morgan fingerprint density at radius 3 is 2.73 bits per heavy atom. The Morgan fingerprint density at radius 1 is 1.13 bits per heavy atom. The summed E-state index contributed by atoms with van der Waals surface area (Å²) in [7, 11) is 0. The van der Waals surface area contributed by atoms with Gasteiger partial charge < -0.3 is 20.1 Å². The molecule has 0 radical (unpaired) electrons. The van der Waals surface area contributed by atoms with Gasteiger partial charge in [0.1, 0.15) is 17.3 Å². The lowest BCUT2D eigenvalue weighted by Crippen LogP contribution is -2.41. The Hall–Kier alpha value is -2.51. The van der Waals surface area contributed by atoms with Crippen molar-refractivity contribution >= 4 is 35.0 Å². The second-order valence-electron chi connectivity index (χ2n) is 6.76. The van der Waals surface area contributed by atoms with E-state index in [1.165, 1.54) is 12.1 Å². The predicted octanol–water partition coefficient (Wildman–Crippen LogP) is 3.53. The van der Waals surface area contributed by atoms with E-state index in [-0.39, 0.29) is 29.2 Å². The van der Waals surface area contributed by atoms with Gasteiger partial charge in [0.15, 0.2) is 12.7 Å². The van der Waals surface area contributed by atoms with Crippen molar-refractivity contribution in [3.63, 3.8) is 0 Å². The number of ether oxygens (including phenoxy) is 2. The molecule has 2 N–H and O–H groups in total. The van der Waals surface area contributed by atoms with Crippen LogP contribution in [0.3, 0.4) is 0 Å². The summed E-state index contributed by atoms with van der Waals surface area (Å²) < 4.78 is 24.3. The lowest BCUT2D eigenvalue weighted by Gasteiger charge is -2.25. The van der Waals surface area contributed by atoms with E-state index in [0.717, 1.165) is 18.1 Å². The van der Waals surface area contributed by atoms with Crippen molar-refractivity contribution in [2.24, 2.45) is 0 Å². The Bertz CT molecular complexity index is 926. The van der Waals surface area contributed by atoms with Gasteiger partial charge in [-0.15, -0.1) is 0 Å². The van der Waals surface area contributed by atoms with E-state index in [9.17, 15) is 14.0 Å². The van der Waals surface area contributed by atoms with E-state index in [0.29, 0.717) is 36.7 Å². The van der Waals surface area contributed by atoms with E-state index >= 15 is 0 Å². The lowest BCUT2D eigenvalue weighted by atomic mass is 10.0. The van der Waals surface area contributed by atoms with E-state index in [4.69, 9.17) is 32.7 Å². The zero-order valence-corrected chi connectivity index (χ0v) is 17.6. The highest BCUT2D eigenvalue weighted by Crippen LogP contribution is 2.30. The van der Waals surface area contributed by atoms with Crippen LogP contribution in [0.15, 0.2) is 36.4 Å². The lowest BCUT2D eigenvalue weighted by molar-refractivity contribution is -0.128.